The van der Waals surface area contributed by atoms with Crippen molar-refractivity contribution in [2.45, 2.75) is 12.7 Å². The molecule has 0 saturated carbocycles. The van der Waals surface area contributed by atoms with Crippen LogP contribution in [-0.4, -0.2) is 4.57 Å². The second kappa shape index (κ2) is 7.81. The van der Waals surface area contributed by atoms with Crippen LogP contribution in [-0.2, 0) is 12.7 Å². The Morgan fingerprint density at radius 1 is 0.714 bits per heavy atom. The molecule has 1 heterocycles. The first kappa shape index (κ1) is 21.7. The number of rotatable bonds is 2. The van der Waals surface area contributed by atoms with Crippen molar-refractivity contribution in [1.29, 1.82) is 0 Å². The lowest BCUT2D eigenvalue weighted by Gasteiger charge is -2.11. The highest BCUT2D eigenvalue weighted by molar-refractivity contribution is 6.09. The van der Waals surface area contributed by atoms with Gasteiger partial charge in [-0.05, 0) is 42.0 Å². The summed E-state index contributed by atoms with van der Waals surface area (Å²) in [5, 5.41) is 2.06. The van der Waals surface area contributed by atoms with E-state index in [4.69, 9.17) is 11.5 Å². The van der Waals surface area contributed by atoms with Crippen LogP contribution >= 0.6 is 24.8 Å². The number of aromatic nitrogens is 1. The van der Waals surface area contributed by atoms with Crippen LogP contribution < -0.4 is 11.5 Å². The number of halogens is 5. The Morgan fingerprint density at radius 3 is 1.61 bits per heavy atom. The highest BCUT2D eigenvalue weighted by Gasteiger charge is 2.29. The Morgan fingerprint density at radius 2 is 1.18 bits per heavy atom. The molecule has 4 N–H and O–H groups in total. The fourth-order valence-corrected chi connectivity index (χ4v) is 3.28. The molecule has 0 aliphatic carbocycles. The predicted octanol–water partition coefficient (Wildman–Crippen LogP) is 5.87. The third kappa shape index (κ3) is 3.84. The Hall–Kier alpha value is -2.57. The SMILES string of the molecule is Cl.Cl.Nc1ccc2c3ccc(N)cc3n(Cc3ccc(C(F)(F)F)cc3)c2c1. The maximum absolute atomic E-state index is 12.8. The van der Waals surface area contributed by atoms with Gasteiger partial charge in [-0.25, -0.2) is 0 Å². The summed E-state index contributed by atoms with van der Waals surface area (Å²) in [6, 6.07) is 16.5. The molecule has 3 aromatic carbocycles. The van der Waals surface area contributed by atoms with Crippen molar-refractivity contribution in [3.8, 4) is 0 Å². The molecule has 1 aromatic heterocycles. The Balaban J connectivity index is 0.00000140. The lowest BCUT2D eigenvalue weighted by Crippen LogP contribution is -2.05. The van der Waals surface area contributed by atoms with Crippen LogP contribution in [0.5, 0.6) is 0 Å². The van der Waals surface area contributed by atoms with Crippen molar-refractivity contribution in [3.05, 3.63) is 71.8 Å². The average molecular weight is 428 g/mol. The quantitative estimate of drug-likeness (QED) is 0.393. The molecule has 0 radical (unpaired) electrons. The Kier molecular flexibility index (Phi) is 6.06. The van der Waals surface area contributed by atoms with Crippen molar-refractivity contribution in [2.24, 2.45) is 0 Å². The number of anilines is 2. The highest BCUT2D eigenvalue weighted by atomic mass is 35.5. The van der Waals surface area contributed by atoms with E-state index in [1.807, 2.05) is 41.0 Å². The van der Waals surface area contributed by atoms with Gasteiger partial charge in [-0.1, -0.05) is 24.3 Å². The molecule has 0 unspecified atom stereocenters. The summed E-state index contributed by atoms with van der Waals surface area (Å²) in [6.45, 7) is 0.422. The minimum atomic E-state index is -4.34. The molecule has 4 rings (SSSR count). The number of nitrogens with zero attached hydrogens (tertiary/aromatic N) is 1. The van der Waals surface area contributed by atoms with Gasteiger partial charge in [0.15, 0.2) is 0 Å². The normalized spacial score (nSPS) is 11.2. The van der Waals surface area contributed by atoms with Crippen LogP contribution in [0.25, 0.3) is 21.8 Å². The third-order valence-corrected chi connectivity index (χ3v) is 4.54. The maximum atomic E-state index is 12.8. The molecule has 0 aliphatic heterocycles. The minimum Gasteiger partial charge on any atom is -0.399 e. The van der Waals surface area contributed by atoms with Gasteiger partial charge >= 0.3 is 6.18 Å². The van der Waals surface area contributed by atoms with Crippen LogP contribution in [0, 0.1) is 0 Å². The summed E-state index contributed by atoms with van der Waals surface area (Å²) in [5.74, 6) is 0. The summed E-state index contributed by atoms with van der Waals surface area (Å²) in [4.78, 5) is 0. The van der Waals surface area contributed by atoms with Gasteiger partial charge in [0.1, 0.15) is 0 Å². The van der Waals surface area contributed by atoms with E-state index in [0.29, 0.717) is 17.9 Å². The van der Waals surface area contributed by atoms with E-state index in [1.165, 1.54) is 12.1 Å². The maximum Gasteiger partial charge on any atom is 0.416 e. The van der Waals surface area contributed by atoms with E-state index in [1.54, 1.807) is 0 Å². The minimum absolute atomic E-state index is 0. The van der Waals surface area contributed by atoms with Gasteiger partial charge < -0.3 is 16.0 Å². The van der Waals surface area contributed by atoms with Gasteiger partial charge in [0, 0.05) is 28.7 Å². The molecule has 4 aromatic rings. The van der Waals surface area contributed by atoms with Crippen molar-refractivity contribution in [1.82, 2.24) is 4.57 Å². The first-order valence-electron chi connectivity index (χ1n) is 8.06. The first-order valence-corrected chi connectivity index (χ1v) is 8.06. The number of hydrogen-bond acceptors (Lipinski definition) is 2. The summed E-state index contributed by atoms with van der Waals surface area (Å²) in [5.41, 5.74) is 15.1. The van der Waals surface area contributed by atoms with Crippen LogP contribution in [0.4, 0.5) is 24.5 Å². The van der Waals surface area contributed by atoms with Gasteiger partial charge in [0.25, 0.3) is 0 Å². The van der Waals surface area contributed by atoms with E-state index in [2.05, 4.69) is 0 Å². The molecule has 0 spiro atoms. The second-order valence-electron chi connectivity index (χ2n) is 6.33. The zero-order valence-corrected chi connectivity index (χ0v) is 16.2. The van der Waals surface area contributed by atoms with E-state index < -0.39 is 11.7 Å². The van der Waals surface area contributed by atoms with Gasteiger partial charge in [-0.2, -0.15) is 13.2 Å². The van der Waals surface area contributed by atoms with Crippen LogP contribution in [0.2, 0.25) is 0 Å². The lowest BCUT2D eigenvalue weighted by atomic mass is 10.1. The molecular formula is C20H18Cl2F3N3. The number of benzene rings is 3. The molecular weight excluding hydrogens is 410 g/mol. The molecule has 0 fully saturated rings. The predicted molar refractivity (Wildman–Crippen MR) is 113 cm³/mol. The zero-order chi connectivity index (χ0) is 18.5. The molecule has 0 amide bonds. The largest absolute Gasteiger partial charge is 0.416 e. The Bertz CT molecular complexity index is 1060. The Labute approximate surface area is 171 Å². The van der Waals surface area contributed by atoms with Crippen molar-refractivity contribution in [2.75, 3.05) is 11.5 Å². The van der Waals surface area contributed by atoms with E-state index in [9.17, 15) is 13.2 Å². The molecule has 28 heavy (non-hydrogen) atoms. The first-order chi connectivity index (χ1) is 12.3. The molecule has 0 saturated heterocycles. The van der Waals surface area contributed by atoms with Crippen molar-refractivity contribution >= 4 is 58.0 Å². The molecule has 0 atom stereocenters. The van der Waals surface area contributed by atoms with Gasteiger partial charge in [-0.3, -0.25) is 0 Å². The molecule has 3 nitrogen and oxygen atoms in total. The van der Waals surface area contributed by atoms with Crippen LogP contribution in [0.1, 0.15) is 11.1 Å². The molecule has 148 valence electrons. The van der Waals surface area contributed by atoms with Crippen LogP contribution in [0.3, 0.4) is 0 Å². The van der Waals surface area contributed by atoms with Gasteiger partial charge in [0.05, 0.1) is 16.6 Å². The number of nitrogen functional groups attached to an aromatic ring is 2. The van der Waals surface area contributed by atoms with Gasteiger partial charge in [-0.15, -0.1) is 24.8 Å². The van der Waals surface area contributed by atoms with E-state index in [0.717, 1.165) is 39.5 Å². The number of nitrogens with two attached hydrogens (primary N) is 2. The van der Waals surface area contributed by atoms with E-state index in [-0.39, 0.29) is 24.8 Å². The summed E-state index contributed by atoms with van der Waals surface area (Å²) in [7, 11) is 0. The topological polar surface area (TPSA) is 57.0 Å². The smallest absolute Gasteiger partial charge is 0.399 e. The summed E-state index contributed by atoms with van der Waals surface area (Å²) in [6.07, 6.45) is -4.34. The van der Waals surface area contributed by atoms with Crippen molar-refractivity contribution in [3.63, 3.8) is 0 Å². The standard InChI is InChI=1S/C20H16F3N3.2ClH/c21-20(22,23)13-3-1-12(2-4-13)11-26-18-9-14(24)5-7-16(18)17-8-6-15(25)10-19(17)26;;/h1-10H,11,24-25H2;2*1H. The average Bonchev–Trinajstić information content (AvgIpc) is 2.87. The fourth-order valence-electron chi connectivity index (χ4n) is 3.28. The molecule has 0 bridgehead atoms. The molecule has 0 aliphatic rings. The summed E-state index contributed by atoms with van der Waals surface area (Å²) >= 11 is 0. The molecule has 8 heteroatoms. The monoisotopic (exact) mass is 427 g/mol. The van der Waals surface area contributed by atoms with Crippen molar-refractivity contribution < 1.29 is 13.2 Å². The highest BCUT2D eigenvalue weighted by Crippen LogP contribution is 2.33. The fraction of sp³-hybridized carbons (Fsp3) is 0.100. The van der Waals surface area contributed by atoms with Gasteiger partial charge in [0.2, 0.25) is 0 Å². The van der Waals surface area contributed by atoms with E-state index >= 15 is 0 Å². The lowest BCUT2D eigenvalue weighted by molar-refractivity contribution is -0.137. The number of alkyl halides is 3. The number of hydrogen-bond donors (Lipinski definition) is 2. The third-order valence-electron chi connectivity index (χ3n) is 4.54. The zero-order valence-electron chi connectivity index (χ0n) is 14.5. The number of fused-ring (bicyclic) bond motifs is 3. The second-order valence-corrected chi connectivity index (χ2v) is 6.33. The van der Waals surface area contributed by atoms with Crippen LogP contribution in [0.15, 0.2) is 60.7 Å². The summed E-state index contributed by atoms with van der Waals surface area (Å²) < 4.78 is 40.3.